The van der Waals surface area contributed by atoms with Crippen molar-refractivity contribution in [3.63, 3.8) is 0 Å². The molecule has 1 nitrogen and oxygen atoms in total. The summed E-state index contributed by atoms with van der Waals surface area (Å²) >= 11 is 0. The van der Waals surface area contributed by atoms with Crippen LogP contribution in [-0.4, -0.2) is 5.78 Å². The van der Waals surface area contributed by atoms with Crippen molar-refractivity contribution in [2.45, 2.75) is 25.7 Å². The molecule has 0 N–H and O–H groups in total. The molecule has 3 rings (SSSR count). The monoisotopic (exact) mass is 290 g/mol. The molecule has 0 heterocycles. The highest BCUT2D eigenvalue weighted by Gasteiger charge is 2.16. The lowest BCUT2D eigenvalue weighted by Crippen LogP contribution is -2.06. The maximum Gasteiger partial charge on any atom is 0.194 e. The number of carbonyl (C=O) groups excluding carboxylic acids is 1. The Morgan fingerprint density at radius 3 is 2.33 bits per heavy atom. The Balaban J connectivity index is 1.83. The van der Waals surface area contributed by atoms with Gasteiger partial charge in [-0.2, -0.15) is 0 Å². The van der Waals surface area contributed by atoms with Crippen LogP contribution in [-0.2, 0) is 19.3 Å². The second-order valence-corrected chi connectivity index (χ2v) is 5.31. The summed E-state index contributed by atoms with van der Waals surface area (Å²) in [5, 5.41) is 0. The molecular formula is C17H13F3O. The summed E-state index contributed by atoms with van der Waals surface area (Å²) in [7, 11) is 0. The summed E-state index contributed by atoms with van der Waals surface area (Å²) in [6.45, 7) is 0. The van der Waals surface area contributed by atoms with E-state index in [0.29, 0.717) is 0 Å². The van der Waals surface area contributed by atoms with Crippen LogP contribution >= 0.6 is 0 Å². The molecule has 0 atom stereocenters. The minimum atomic E-state index is -1.55. The number of carbonyl (C=O) groups is 1. The maximum atomic E-state index is 13.2. The molecule has 0 spiro atoms. The SMILES string of the molecule is O=C(Cc1ccc2c(c1)CCC2)c1cc(F)c(F)c(F)c1. The van der Waals surface area contributed by atoms with Crippen LogP contribution in [0.5, 0.6) is 0 Å². The molecule has 0 saturated carbocycles. The van der Waals surface area contributed by atoms with Crippen molar-refractivity contribution in [1.82, 2.24) is 0 Å². The first kappa shape index (κ1) is 13.9. The van der Waals surface area contributed by atoms with Gasteiger partial charge in [0.15, 0.2) is 23.2 Å². The molecule has 0 aromatic heterocycles. The summed E-state index contributed by atoms with van der Waals surface area (Å²) < 4.78 is 39.2. The predicted octanol–water partition coefficient (Wildman–Crippen LogP) is 4.02. The van der Waals surface area contributed by atoms with Gasteiger partial charge in [0.25, 0.3) is 0 Å². The fourth-order valence-corrected chi connectivity index (χ4v) is 2.74. The topological polar surface area (TPSA) is 17.1 Å². The lowest BCUT2D eigenvalue weighted by molar-refractivity contribution is 0.0992. The van der Waals surface area contributed by atoms with Gasteiger partial charge in [-0.1, -0.05) is 18.2 Å². The molecule has 0 radical (unpaired) electrons. The zero-order valence-electron chi connectivity index (χ0n) is 11.3. The summed E-state index contributed by atoms with van der Waals surface area (Å²) in [4.78, 5) is 12.1. The number of ketones is 1. The van der Waals surface area contributed by atoms with E-state index in [-0.39, 0.29) is 12.0 Å². The number of rotatable bonds is 3. The van der Waals surface area contributed by atoms with Crippen molar-refractivity contribution in [2.75, 3.05) is 0 Å². The van der Waals surface area contributed by atoms with E-state index in [4.69, 9.17) is 0 Å². The molecular weight excluding hydrogens is 277 g/mol. The van der Waals surface area contributed by atoms with E-state index < -0.39 is 23.2 Å². The minimum Gasteiger partial charge on any atom is -0.294 e. The van der Waals surface area contributed by atoms with Gasteiger partial charge in [0, 0.05) is 12.0 Å². The van der Waals surface area contributed by atoms with Crippen LogP contribution in [0.1, 0.15) is 33.5 Å². The van der Waals surface area contributed by atoms with Crippen LogP contribution in [0.15, 0.2) is 30.3 Å². The van der Waals surface area contributed by atoms with Gasteiger partial charge in [-0.05, 0) is 48.1 Å². The first-order valence-electron chi connectivity index (χ1n) is 6.83. The fourth-order valence-electron chi connectivity index (χ4n) is 2.74. The Morgan fingerprint density at radius 2 is 1.62 bits per heavy atom. The minimum absolute atomic E-state index is 0.0534. The molecule has 1 aliphatic carbocycles. The molecule has 108 valence electrons. The largest absolute Gasteiger partial charge is 0.294 e. The Labute approximate surface area is 120 Å². The summed E-state index contributed by atoms with van der Waals surface area (Å²) in [5.41, 5.74) is 3.19. The molecule has 2 aromatic carbocycles. The number of Topliss-reactive ketones (excluding diaryl/α,β-unsaturated/α-hetero) is 1. The van der Waals surface area contributed by atoms with Gasteiger partial charge in [0.05, 0.1) is 0 Å². The Bertz CT molecular complexity index is 699. The summed E-state index contributed by atoms with van der Waals surface area (Å²) in [6, 6.07) is 7.31. The predicted molar refractivity (Wildman–Crippen MR) is 72.8 cm³/mol. The van der Waals surface area contributed by atoms with Crippen LogP contribution in [0.4, 0.5) is 13.2 Å². The molecule has 2 aromatic rings. The fraction of sp³-hybridized carbons (Fsp3) is 0.235. The van der Waals surface area contributed by atoms with Crippen molar-refractivity contribution in [3.8, 4) is 0 Å². The smallest absolute Gasteiger partial charge is 0.194 e. The molecule has 0 saturated heterocycles. The normalized spacial score (nSPS) is 13.3. The van der Waals surface area contributed by atoms with Crippen molar-refractivity contribution < 1.29 is 18.0 Å². The molecule has 0 aliphatic heterocycles. The number of benzene rings is 2. The van der Waals surface area contributed by atoms with Gasteiger partial charge in [0.2, 0.25) is 0 Å². The van der Waals surface area contributed by atoms with Crippen LogP contribution in [0.3, 0.4) is 0 Å². The molecule has 21 heavy (non-hydrogen) atoms. The average Bonchev–Trinajstić information content (AvgIpc) is 2.91. The highest BCUT2D eigenvalue weighted by Crippen LogP contribution is 2.23. The number of hydrogen-bond acceptors (Lipinski definition) is 1. The van der Waals surface area contributed by atoms with Crippen LogP contribution in [0.2, 0.25) is 0 Å². The van der Waals surface area contributed by atoms with E-state index in [1.807, 2.05) is 18.2 Å². The first-order valence-corrected chi connectivity index (χ1v) is 6.83. The van der Waals surface area contributed by atoms with E-state index in [0.717, 1.165) is 37.0 Å². The Morgan fingerprint density at radius 1 is 0.952 bits per heavy atom. The summed E-state index contributed by atoms with van der Waals surface area (Å²) in [5.74, 6) is -4.66. The van der Waals surface area contributed by atoms with Crippen molar-refractivity contribution in [2.24, 2.45) is 0 Å². The number of halogens is 3. The highest BCUT2D eigenvalue weighted by molar-refractivity contribution is 5.97. The quantitative estimate of drug-likeness (QED) is 0.616. The zero-order valence-corrected chi connectivity index (χ0v) is 11.3. The van der Waals surface area contributed by atoms with Gasteiger partial charge in [-0.25, -0.2) is 13.2 Å². The van der Waals surface area contributed by atoms with Crippen molar-refractivity contribution >= 4 is 5.78 Å². The van der Waals surface area contributed by atoms with Crippen molar-refractivity contribution in [1.29, 1.82) is 0 Å². The maximum absolute atomic E-state index is 13.2. The van der Waals surface area contributed by atoms with E-state index >= 15 is 0 Å². The molecule has 0 unspecified atom stereocenters. The van der Waals surface area contributed by atoms with Crippen LogP contribution in [0, 0.1) is 17.5 Å². The second kappa shape index (κ2) is 5.35. The number of aryl methyl sites for hydroxylation is 2. The highest BCUT2D eigenvalue weighted by atomic mass is 19.2. The lowest BCUT2D eigenvalue weighted by Gasteiger charge is -2.06. The van der Waals surface area contributed by atoms with E-state index in [2.05, 4.69) is 0 Å². The van der Waals surface area contributed by atoms with Crippen LogP contribution in [0.25, 0.3) is 0 Å². The average molecular weight is 290 g/mol. The summed E-state index contributed by atoms with van der Waals surface area (Å²) in [6.07, 6.45) is 3.22. The van der Waals surface area contributed by atoms with E-state index in [9.17, 15) is 18.0 Å². The van der Waals surface area contributed by atoms with Crippen molar-refractivity contribution in [3.05, 3.63) is 70.0 Å². The number of fused-ring (bicyclic) bond motifs is 1. The first-order chi connectivity index (χ1) is 10.0. The third-order valence-corrected chi connectivity index (χ3v) is 3.83. The van der Waals surface area contributed by atoms with Crippen LogP contribution < -0.4 is 0 Å². The van der Waals surface area contributed by atoms with E-state index in [1.165, 1.54) is 11.1 Å². The molecule has 4 heteroatoms. The van der Waals surface area contributed by atoms with Gasteiger partial charge < -0.3 is 0 Å². The molecule has 1 aliphatic rings. The molecule has 0 bridgehead atoms. The zero-order chi connectivity index (χ0) is 15.0. The standard InChI is InChI=1S/C17H13F3O/c18-14-8-13(9-15(19)17(14)20)16(21)7-10-4-5-11-2-1-3-12(11)6-10/h4-6,8-9H,1-3,7H2. The third-order valence-electron chi connectivity index (χ3n) is 3.83. The Kier molecular flexibility index (Phi) is 3.53. The molecule has 0 fully saturated rings. The van der Waals surface area contributed by atoms with Gasteiger partial charge in [-0.3, -0.25) is 4.79 Å². The van der Waals surface area contributed by atoms with Gasteiger partial charge >= 0.3 is 0 Å². The van der Waals surface area contributed by atoms with Gasteiger partial charge in [0.1, 0.15) is 0 Å². The third kappa shape index (κ3) is 2.71. The molecule has 0 amide bonds. The lowest BCUT2D eigenvalue weighted by atomic mass is 9.99. The van der Waals surface area contributed by atoms with Gasteiger partial charge in [-0.15, -0.1) is 0 Å². The Hall–Kier alpha value is -2.10. The second-order valence-electron chi connectivity index (χ2n) is 5.31. The number of hydrogen-bond donors (Lipinski definition) is 0. The van der Waals surface area contributed by atoms with E-state index in [1.54, 1.807) is 0 Å².